The number of nitriles is 1. The van der Waals surface area contributed by atoms with Crippen LogP contribution in [0.1, 0.15) is 16.7 Å². The fraction of sp³-hybridized carbons (Fsp3) is 0.0357. The van der Waals surface area contributed by atoms with Gasteiger partial charge in [-0.1, -0.05) is 133 Å². The van der Waals surface area contributed by atoms with Crippen LogP contribution in [0.2, 0.25) is 0 Å². The molecule has 2 aromatic heterocycles. The van der Waals surface area contributed by atoms with Crippen molar-refractivity contribution in [3.05, 3.63) is 216 Å². The normalized spacial score (nSPS) is 11.4. The van der Waals surface area contributed by atoms with Gasteiger partial charge in [0.05, 0.1) is 51.9 Å². The summed E-state index contributed by atoms with van der Waals surface area (Å²) in [5.74, 6) is 0.547. The molecule has 64 heavy (non-hydrogen) atoms. The molecule has 0 saturated heterocycles. The van der Waals surface area contributed by atoms with E-state index in [1.807, 2.05) is 140 Å². The second kappa shape index (κ2) is 16.0. The minimum Gasteiger partial charge on any atom is -0.308 e. The number of para-hydroxylation sites is 1. The third kappa shape index (κ3) is 7.23. The maximum Gasteiger partial charge on any atom is 0.417 e. The summed E-state index contributed by atoms with van der Waals surface area (Å²) in [6.07, 6.45) is -4.55. The van der Waals surface area contributed by atoms with Gasteiger partial charge in [0, 0.05) is 38.6 Å². The molecular formula is C56H34F3N5. The first-order chi connectivity index (χ1) is 31.2. The van der Waals surface area contributed by atoms with Crippen LogP contribution in [-0.2, 0) is 6.18 Å². The Morgan fingerprint density at radius 3 is 1.84 bits per heavy atom. The maximum atomic E-state index is 14.5. The van der Waals surface area contributed by atoms with Gasteiger partial charge in [-0.25, -0.2) is 14.8 Å². The van der Waals surface area contributed by atoms with Crippen molar-refractivity contribution in [3.8, 4) is 79.0 Å². The highest BCUT2D eigenvalue weighted by Crippen LogP contribution is 2.46. The lowest BCUT2D eigenvalue weighted by Gasteiger charge is -2.22. The van der Waals surface area contributed by atoms with Gasteiger partial charge in [0.1, 0.15) is 0 Å². The van der Waals surface area contributed by atoms with Gasteiger partial charge in [0.25, 0.3) is 0 Å². The van der Waals surface area contributed by atoms with Crippen molar-refractivity contribution in [3.63, 3.8) is 0 Å². The molecule has 2 heterocycles. The van der Waals surface area contributed by atoms with Crippen molar-refractivity contribution in [1.82, 2.24) is 14.5 Å². The number of alkyl halides is 3. The monoisotopic (exact) mass is 833 g/mol. The predicted molar refractivity (Wildman–Crippen MR) is 250 cm³/mol. The van der Waals surface area contributed by atoms with Crippen LogP contribution in [0.3, 0.4) is 0 Å². The first-order valence-electron chi connectivity index (χ1n) is 20.6. The number of aryl methyl sites for hydroxylation is 1. The smallest absolute Gasteiger partial charge is 0.308 e. The van der Waals surface area contributed by atoms with Crippen molar-refractivity contribution >= 4 is 27.5 Å². The Hall–Kier alpha value is -8.59. The number of fused-ring (bicyclic) bond motifs is 3. The fourth-order valence-corrected chi connectivity index (χ4v) is 8.56. The summed E-state index contributed by atoms with van der Waals surface area (Å²) in [5, 5.41) is 11.8. The molecule has 8 aromatic carbocycles. The van der Waals surface area contributed by atoms with Crippen LogP contribution in [-0.4, -0.2) is 14.5 Å². The van der Waals surface area contributed by atoms with Crippen LogP contribution in [0.25, 0.3) is 99.6 Å². The molecule has 0 bridgehead atoms. The summed E-state index contributed by atoms with van der Waals surface area (Å²) in [5.41, 5.74) is 10.6. The number of rotatable bonds is 7. The fourth-order valence-electron chi connectivity index (χ4n) is 8.56. The maximum absolute atomic E-state index is 14.5. The summed E-state index contributed by atoms with van der Waals surface area (Å²) in [6.45, 7) is 9.64. The van der Waals surface area contributed by atoms with E-state index in [1.165, 1.54) is 6.07 Å². The van der Waals surface area contributed by atoms with E-state index >= 15 is 0 Å². The zero-order chi connectivity index (χ0) is 44.0. The quantitative estimate of drug-likeness (QED) is 0.150. The summed E-state index contributed by atoms with van der Waals surface area (Å²) < 4.78 is 45.8. The van der Waals surface area contributed by atoms with Crippen molar-refractivity contribution in [2.75, 3.05) is 0 Å². The second-order valence-electron chi connectivity index (χ2n) is 15.6. The molecule has 0 spiro atoms. The molecule has 0 fully saturated rings. The van der Waals surface area contributed by atoms with Gasteiger partial charge in [-0.05, 0) is 89.8 Å². The Labute approximate surface area is 367 Å². The molecule has 0 radical (unpaired) electrons. The summed E-state index contributed by atoms with van der Waals surface area (Å²) in [7, 11) is 0. The van der Waals surface area contributed by atoms with Gasteiger partial charge >= 0.3 is 6.18 Å². The Morgan fingerprint density at radius 1 is 0.531 bits per heavy atom. The number of nitrogens with zero attached hydrogens (tertiary/aromatic N) is 5. The van der Waals surface area contributed by atoms with Gasteiger partial charge in [-0.3, -0.25) is 0 Å². The van der Waals surface area contributed by atoms with Crippen molar-refractivity contribution in [1.29, 1.82) is 5.26 Å². The third-order valence-corrected chi connectivity index (χ3v) is 11.5. The van der Waals surface area contributed by atoms with Gasteiger partial charge in [0.15, 0.2) is 11.5 Å². The molecule has 10 aromatic rings. The topological polar surface area (TPSA) is 58.9 Å². The number of benzene rings is 8. The summed E-state index contributed by atoms with van der Waals surface area (Å²) in [6, 6.07) is 60.9. The lowest BCUT2D eigenvalue weighted by molar-refractivity contribution is -0.137. The molecule has 0 aliphatic heterocycles. The standard InChI is InChI=1S/C56H34F3N5/c1-35-23-25-44(49(27-35)56(57,58)59)41-24-26-53-48(30-41)45-21-9-10-22-52(45)64(53)54-46(39-18-11-13-36(28-39)34-60)31-42(32-47(54)40-19-12-20-43(29-40)61-2)51-33-50(37-14-5-3-6-15-37)62-55(63-51)38-16-7-4-8-17-38/h3-33H,1H3. The van der Waals surface area contributed by atoms with E-state index in [-0.39, 0.29) is 5.56 Å². The number of hydrogen-bond donors (Lipinski definition) is 0. The second-order valence-corrected chi connectivity index (χ2v) is 15.6. The number of aromatic nitrogens is 3. The van der Waals surface area contributed by atoms with Crippen LogP contribution in [0, 0.1) is 24.8 Å². The molecule has 5 nitrogen and oxygen atoms in total. The molecule has 0 atom stereocenters. The van der Waals surface area contributed by atoms with Gasteiger partial charge < -0.3 is 4.57 Å². The van der Waals surface area contributed by atoms with E-state index in [4.69, 9.17) is 16.5 Å². The van der Waals surface area contributed by atoms with Crippen LogP contribution in [0.5, 0.6) is 0 Å². The van der Waals surface area contributed by atoms with Crippen LogP contribution in [0.4, 0.5) is 18.9 Å². The van der Waals surface area contributed by atoms with Crippen molar-refractivity contribution in [2.24, 2.45) is 0 Å². The molecule has 0 saturated carbocycles. The molecule has 10 rings (SSSR count). The van der Waals surface area contributed by atoms with E-state index in [0.717, 1.165) is 72.1 Å². The lowest BCUT2D eigenvalue weighted by Crippen LogP contribution is -2.07. The van der Waals surface area contributed by atoms with E-state index in [2.05, 4.69) is 27.6 Å². The van der Waals surface area contributed by atoms with E-state index < -0.39 is 11.7 Å². The van der Waals surface area contributed by atoms with Crippen molar-refractivity contribution in [2.45, 2.75) is 13.1 Å². The number of hydrogen-bond acceptors (Lipinski definition) is 3. The van der Waals surface area contributed by atoms with Gasteiger partial charge in [0.2, 0.25) is 0 Å². The molecule has 0 amide bonds. The molecule has 0 aliphatic rings. The Morgan fingerprint density at radius 2 is 1.14 bits per heavy atom. The molecule has 8 heteroatoms. The van der Waals surface area contributed by atoms with Gasteiger partial charge in [-0.15, -0.1) is 0 Å². The average Bonchev–Trinajstić information content (AvgIpc) is 3.67. The summed E-state index contributed by atoms with van der Waals surface area (Å²) in [4.78, 5) is 14.0. The first kappa shape index (κ1) is 39.5. The first-order valence-corrected chi connectivity index (χ1v) is 20.6. The van der Waals surface area contributed by atoms with E-state index in [9.17, 15) is 18.4 Å². The molecule has 0 N–H and O–H groups in total. The van der Waals surface area contributed by atoms with Crippen LogP contribution < -0.4 is 0 Å². The van der Waals surface area contributed by atoms with Crippen LogP contribution in [0.15, 0.2) is 188 Å². The lowest BCUT2D eigenvalue weighted by atomic mass is 9.91. The van der Waals surface area contributed by atoms with E-state index in [1.54, 1.807) is 37.3 Å². The van der Waals surface area contributed by atoms with E-state index in [0.29, 0.717) is 33.9 Å². The molecule has 0 unspecified atom stereocenters. The van der Waals surface area contributed by atoms with Crippen molar-refractivity contribution < 1.29 is 13.2 Å². The minimum atomic E-state index is -4.55. The highest BCUT2D eigenvalue weighted by atomic mass is 19.4. The average molecular weight is 834 g/mol. The SMILES string of the molecule is [C-]#[N+]c1cccc(-c2cc(-c3cc(-c4ccccc4)nc(-c4ccccc4)n3)cc(-c3cccc(C#N)c3)c2-n2c3ccccc3c3cc(-c4ccc(C)cc4C(F)(F)F)ccc32)c1. The predicted octanol–water partition coefficient (Wildman–Crippen LogP) is 15.3. The highest BCUT2D eigenvalue weighted by molar-refractivity contribution is 6.12. The number of halogens is 3. The zero-order valence-electron chi connectivity index (χ0n) is 34.3. The minimum absolute atomic E-state index is 0.0986. The summed E-state index contributed by atoms with van der Waals surface area (Å²) >= 11 is 0. The Kier molecular flexibility index (Phi) is 9.90. The third-order valence-electron chi connectivity index (χ3n) is 11.5. The highest BCUT2D eigenvalue weighted by Gasteiger charge is 2.34. The Balaban J connectivity index is 1.32. The molecule has 0 aliphatic carbocycles. The van der Waals surface area contributed by atoms with Crippen LogP contribution >= 0.6 is 0 Å². The largest absolute Gasteiger partial charge is 0.417 e. The molecule has 304 valence electrons. The van der Waals surface area contributed by atoms with Gasteiger partial charge in [-0.2, -0.15) is 18.4 Å². The Bertz CT molecular complexity index is 3390. The zero-order valence-corrected chi connectivity index (χ0v) is 34.3. The molecular weight excluding hydrogens is 800 g/mol.